The van der Waals surface area contributed by atoms with Gasteiger partial charge < -0.3 is 5.32 Å². The zero-order valence-electron chi connectivity index (χ0n) is 9.04. The highest BCUT2D eigenvalue weighted by atomic mass is 15.0. The molecule has 1 saturated carbocycles. The molecule has 2 rings (SSSR count). The molecule has 1 fully saturated rings. The minimum absolute atomic E-state index is 0.604. The fourth-order valence-corrected chi connectivity index (χ4v) is 1.71. The SMILES string of the molecule is CCNc1cc(C)nc(C2CC2C)n1. The van der Waals surface area contributed by atoms with Gasteiger partial charge in [-0.2, -0.15) is 0 Å². The van der Waals surface area contributed by atoms with E-state index in [1.54, 1.807) is 0 Å². The lowest BCUT2D eigenvalue weighted by Gasteiger charge is -2.05. The highest BCUT2D eigenvalue weighted by Crippen LogP contribution is 2.45. The molecule has 1 aromatic heterocycles. The second-order valence-corrected chi connectivity index (χ2v) is 4.10. The summed E-state index contributed by atoms with van der Waals surface area (Å²) >= 11 is 0. The van der Waals surface area contributed by atoms with Crippen LogP contribution >= 0.6 is 0 Å². The Kier molecular flexibility index (Phi) is 2.40. The van der Waals surface area contributed by atoms with Crippen LogP contribution in [0.3, 0.4) is 0 Å². The number of rotatable bonds is 3. The Bertz CT molecular complexity index is 335. The Morgan fingerprint density at radius 2 is 2.21 bits per heavy atom. The maximum atomic E-state index is 4.51. The van der Waals surface area contributed by atoms with Crippen molar-refractivity contribution in [3.63, 3.8) is 0 Å². The van der Waals surface area contributed by atoms with Crippen LogP contribution in [-0.2, 0) is 0 Å². The quantitative estimate of drug-likeness (QED) is 0.796. The van der Waals surface area contributed by atoms with Crippen LogP contribution in [0.25, 0.3) is 0 Å². The van der Waals surface area contributed by atoms with Gasteiger partial charge in [0, 0.05) is 24.2 Å². The van der Waals surface area contributed by atoms with Gasteiger partial charge in [-0.1, -0.05) is 6.92 Å². The first-order chi connectivity index (χ1) is 6.70. The Morgan fingerprint density at radius 1 is 1.50 bits per heavy atom. The smallest absolute Gasteiger partial charge is 0.134 e. The lowest BCUT2D eigenvalue weighted by Crippen LogP contribution is -2.04. The van der Waals surface area contributed by atoms with Crippen LogP contribution in [0, 0.1) is 12.8 Å². The maximum absolute atomic E-state index is 4.51. The van der Waals surface area contributed by atoms with Gasteiger partial charge in [0.1, 0.15) is 11.6 Å². The normalized spacial score (nSPS) is 24.8. The number of anilines is 1. The van der Waals surface area contributed by atoms with Gasteiger partial charge >= 0.3 is 0 Å². The van der Waals surface area contributed by atoms with Crippen LogP contribution in [0.15, 0.2) is 6.07 Å². The van der Waals surface area contributed by atoms with Crippen LogP contribution in [0.4, 0.5) is 5.82 Å². The molecule has 0 radical (unpaired) electrons. The van der Waals surface area contributed by atoms with Crippen molar-refractivity contribution in [3.05, 3.63) is 17.6 Å². The summed E-state index contributed by atoms with van der Waals surface area (Å²) in [5.74, 6) is 3.36. The molecule has 76 valence electrons. The summed E-state index contributed by atoms with van der Waals surface area (Å²) in [5.41, 5.74) is 1.06. The minimum atomic E-state index is 0.604. The molecule has 1 N–H and O–H groups in total. The van der Waals surface area contributed by atoms with Gasteiger partial charge in [-0.25, -0.2) is 9.97 Å². The third-order valence-electron chi connectivity index (χ3n) is 2.67. The van der Waals surface area contributed by atoms with Crippen molar-refractivity contribution in [2.75, 3.05) is 11.9 Å². The summed E-state index contributed by atoms with van der Waals surface area (Å²) in [5, 5.41) is 3.24. The molecule has 0 saturated heterocycles. The van der Waals surface area contributed by atoms with E-state index in [1.807, 2.05) is 13.0 Å². The number of aryl methyl sites for hydroxylation is 1. The van der Waals surface area contributed by atoms with Crippen LogP contribution in [0.1, 0.15) is 37.7 Å². The summed E-state index contributed by atoms with van der Waals surface area (Å²) < 4.78 is 0. The van der Waals surface area contributed by atoms with Gasteiger partial charge in [0.25, 0.3) is 0 Å². The first kappa shape index (κ1) is 9.44. The summed E-state index contributed by atoms with van der Waals surface area (Å²) in [4.78, 5) is 8.99. The van der Waals surface area contributed by atoms with E-state index in [9.17, 15) is 0 Å². The van der Waals surface area contributed by atoms with Gasteiger partial charge in [-0.3, -0.25) is 0 Å². The summed E-state index contributed by atoms with van der Waals surface area (Å²) in [6, 6.07) is 2.00. The summed E-state index contributed by atoms with van der Waals surface area (Å²) in [6.07, 6.45) is 1.25. The van der Waals surface area contributed by atoms with Gasteiger partial charge in [-0.15, -0.1) is 0 Å². The first-order valence-electron chi connectivity index (χ1n) is 5.30. The molecule has 1 aliphatic rings. The standard InChI is InChI=1S/C11H17N3/c1-4-12-10-6-8(3)13-11(14-10)9-5-7(9)2/h6-7,9H,4-5H2,1-3H3,(H,12,13,14). The molecule has 3 nitrogen and oxygen atoms in total. The molecule has 0 aliphatic heterocycles. The Morgan fingerprint density at radius 3 is 2.79 bits per heavy atom. The molecule has 14 heavy (non-hydrogen) atoms. The molecule has 0 amide bonds. The molecule has 0 bridgehead atoms. The topological polar surface area (TPSA) is 37.8 Å². The van der Waals surface area contributed by atoms with Crippen molar-refractivity contribution in [2.24, 2.45) is 5.92 Å². The summed E-state index contributed by atoms with van der Waals surface area (Å²) in [6.45, 7) is 7.27. The lowest BCUT2D eigenvalue weighted by molar-refractivity contribution is 0.833. The predicted molar refractivity (Wildman–Crippen MR) is 57.5 cm³/mol. The molecular weight excluding hydrogens is 174 g/mol. The average Bonchev–Trinajstić information content (AvgIpc) is 2.82. The van der Waals surface area contributed by atoms with Crippen molar-refractivity contribution in [1.29, 1.82) is 0 Å². The van der Waals surface area contributed by atoms with Crippen LogP contribution in [0.2, 0.25) is 0 Å². The molecule has 1 aromatic rings. The van der Waals surface area contributed by atoms with Gasteiger partial charge in [0.15, 0.2) is 0 Å². The Balaban J connectivity index is 2.23. The lowest BCUT2D eigenvalue weighted by atomic mass is 10.3. The average molecular weight is 191 g/mol. The largest absolute Gasteiger partial charge is 0.370 e. The zero-order chi connectivity index (χ0) is 10.1. The second-order valence-electron chi connectivity index (χ2n) is 4.10. The van der Waals surface area contributed by atoms with E-state index >= 15 is 0 Å². The monoisotopic (exact) mass is 191 g/mol. The highest BCUT2D eigenvalue weighted by molar-refractivity contribution is 5.36. The number of aromatic nitrogens is 2. The molecule has 0 aromatic carbocycles. The van der Waals surface area contributed by atoms with Crippen LogP contribution in [-0.4, -0.2) is 16.5 Å². The number of hydrogen-bond acceptors (Lipinski definition) is 3. The fourth-order valence-electron chi connectivity index (χ4n) is 1.71. The van der Waals surface area contributed by atoms with Gasteiger partial charge in [-0.05, 0) is 26.2 Å². The third-order valence-corrected chi connectivity index (χ3v) is 2.67. The second kappa shape index (κ2) is 3.56. The number of nitrogens with one attached hydrogen (secondary N) is 1. The van der Waals surface area contributed by atoms with Crippen molar-refractivity contribution in [3.8, 4) is 0 Å². The van der Waals surface area contributed by atoms with E-state index in [0.717, 1.165) is 29.8 Å². The van der Waals surface area contributed by atoms with E-state index in [1.165, 1.54) is 6.42 Å². The van der Waals surface area contributed by atoms with Crippen molar-refractivity contribution in [1.82, 2.24) is 9.97 Å². The van der Waals surface area contributed by atoms with E-state index < -0.39 is 0 Å². The van der Waals surface area contributed by atoms with Gasteiger partial charge in [0.2, 0.25) is 0 Å². The Hall–Kier alpha value is -1.12. The first-order valence-corrected chi connectivity index (χ1v) is 5.30. The minimum Gasteiger partial charge on any atom is -0.370 e. The maximum Gasteiger partial charge on any atom is 0.134 e. The molecular formula is C11H17N3. The fraction of sp³-hybridized carbons (Fsp3) is 0.636. The highest BCUT2D eigenvalue weighted by Gasteiger charge is 2.36. The van der Waals surface area contributed by atoms with Crippen LogP contribution in [0.5, 0.6) is 0 Å². The number of hydrogen-bond donors (Lipinski definition) is 1. The van der Waals surface area contributed by atoms with Crippen molar-refractivity contribution in [2.45, 2.75) is 33.1 Å². The molecule has 2 unspecified atom stereocenters. The molecule has 1 aliphatic carbocycles. The Labute approximate surface area is 85.0 Å². The number of nitrogens with zero attached hydrogens (tertiary/aromatic N) is 2. The predicted octanol–water partition coefficient (Wildman–Crippen LogP) is 2.34. The molecule has 1 heterocycles. The van der Waals surface area contributed by atoms with Crippen LogP contribution < -0.4 is 5.32 Å². The zero-order valence-corrected chi connectivity index (χ0v) is 9.04. The third kappa shape index (κ3) is 1.86. The van der Waals surface area contributed by atoms with Gasteiger partial charge in [0.05, 0.1) is 0 Å². The molecule has 3 heteroatoms. The van der Waals surface area contributed by atoms with Crippen molar-refractivity contribution >= 4 is 5.82 Å². The van der Waals surface area contributed by atoms with E-state index in [4.69, 9.17) is 0 Å². The molecule has 0 spiro atoms. The van der Waals surface area contributed by atoms with Crippen molar-refractivity contribution < 1.29 is 0 Å². The summed E-state index contributed by atoms with van der Waals surface area (Å²) in [7, 11) is 0. The van der Waals surface area contributed by atoms with E-state index in [0.29, 0.717) is 5.92 Å². The molecule has 2 atom stereocenters. The van der Waals surface area contributed by atoms with E-state index in [-0.39, 0.29) is 0 Å². The van der Waals surface area contributed by atoms with E-state index in [2.05, 4.69) is 29.1 Å².